The van der Waals surface area contributed by atoms with Crippen molar-refractivity contribution < 1.29 is 5.11 Å². The summed E-state index contributed by atoms with van der Waals surface area (Å²) >= 11 is 0. The lowest BCUT2D eigenvalue weighted by molar-refractivity contribution is 0.175. The number of nitrogens with one attached hydrogen (secondary N) is 2. The van der Waals surface area contributed by atoms with E-state index in [9.17, 15) is 10.4 Å². The summed E-state index contributed by atoms with van der Waals surface area (Å²) in [7, 11) is 0. The lowest BCUT2D eigenvalue weighted by Gasteiger charge is -2.15. The molecule has 1 unspecified atom stereocenters. The third-order valence-corrected chi connectivity index (χ3v) is 6.45. The van der Waals surface area contributed by atoms with E-state index in [4.69, 9.17) is 0 Å². The van der Waals surface area contributed by atoms with Crippen LogP contribution in [0.2, 0.25) is 0 Å². The lowest BCUT2D eigenvalue weighted by atomic mass is 10.1. The average Bonchev–Trinajstić information content (AvgIpc) is 3.50. The molecule has 0 spiro atoms. The largest absolute Gasteiger partial charge is 0.392 e. The van der Waals surface area contributed by atoms with Crippen LogP contribution in [0.3, 0.4) is 0 Å². The Kier molecular flexibility index (Phi) is 6.13. The van der Waals surface area contributed by atoms with Gasteiger partial charge in [-0.15, -0.1) is 0 Å². The SMILES string of the molecule is Cc1c(Nc2c(C#N)cncc2C=Cc2ccc(CN3CCC(O)C3)cc2)ccc2[nH]ccc12. The zero-order valence-corrected chi connectivity index (χ0v) is 19.1. The quantitative estimate of drug-likeness (QED) is 0.375. The van der Waals surface area contributed by atoms with Gasteiger partial charge < -0.3 is 15.4 Å². The molecule has 0 amide bonds. The summed E-state index contributed by atoms with van der Waals surface area (Å²) < 4.78 is 0. The van der Waals surface area contributed by atoms with Gasteiger partial charge in [-0.3, -0.25) is 9.88 Å². The molecule has 170 valence electrons. The number of aromatic amines is 1. The van der Waals surface area contributed by atoms with Crippen LogP contribution < -0.4 is 5.32 Å². The fourth-order valence-corrected chi connectivity index (χ4v) is 4.52. The Morgan fingerprint density at radius 2 is 2.03 bits per heavy atom. The number of benzene rings is 2. The summed E-state index contributed by atoms with van der Waals surface area (Å²) in [5, 5.41) is 24.1. The molecule has 4 aromatic rings. The maximum atomic E-state index is 9.72. The van der Waals surface area contributed by atoms with Crippen LogP contribution in [0.15, 0.2) is 61.1 Å². The molecule has 0 saturated carbocycles. The number of fused-ring (bicyclic) bond motifs is 1. The molecule has 1 aliphatic heterocycles. The number of nitriles is 1. The van der Waals surface area contributed by atoms with E-state index in [1.807, 2.05) is 30.5 Å². The van der Waals surface area contributed by atoms with Crippen molar-refractivity contribution in [3.63, 3.8) is 0 Å². The topological polar surface area (TPSA) is 88.0 Å². The van der Waals surface area contributed by atoms with Crippen LogP contribution in [-0.4, -0.2) is 39.2 Å². The highest BCUT2D eigenvalue weighted by Gasteiger charge is 2.19. The Bertz CT molecular complexity index is 1380. The maximum absolute atomic E-state index is 9.72. The molecule has 6 heteroatoms. The van der Waals surface area contributed by atoms with Crippen molar-refractivity contribution in [2.24, 2.45) is 0 Å². The molecule has 2 aromatic carbocycles. The summed E-state index contributed by atoms with van der Waals surface area (Å²) in [6.45, 7) is 4.62. The van der Waals surface area contributed by atoms with Gasteiger partial charge in [0.2, 0.25) is 0 Å². The molecule has 0 bridgehead atoms. The van der Waals surface area contributed by atoms with Crippen LogP contribution in [0.25, 0.3) is 23.1 Å². The average molecular weight is 450 g/mol. The number of likely N-dealkylation sites (tertiary alicyclic amines) is 1. The van der Waals surface area contributed by atoms with Crippen LogP contribution in [0, 0.1) is 18.3 Å². The second kappa shape index (κ2) is 9.52. The lowest BCUT2D eigenvalue weighted by Crippen LogP contribution is -2.21. The Balaban J connectivity index is 1.37. The number of aliphatic hydroxyl groups excluding tert-OH is 1. The number of nitrogens with zero attached hydrogens (tertiary/aromatic N) is 3. The van der Waals surface area contributed by atoms with Crippen molar-refractivity contribution in [3.05, 3.63) is 88.9 Å². The molecule has 1 atom stereocenters. The number of aliphatic hydroxyl groups is 1. The highest BCUT2D eigenvalue weighted by atomic mass is 16.3. The molecule has 2 aromatic heterocycles. The first kappa shape index (κ1) is 21.9. The van der Waals surface area contributed by atoms with Gasteiger partial charge in [-0.1, -0.05) is 36.4 Å². The summed E-state index contributed by atoms with van der Waals surface area (Å²) in [6, 6.07) is 16.8. The number of β-amino-alcohol motifs (C(OH)–C–C–N with tert-alkyl or cyclic N) is 1. The molecule has 3 heterocycles. The molecular weight excluding hydrogens is 422 g/mol. The summed E-state index contributed by atoms with van der Waals surface area (Å²) in [4.78, 5) is 9.78. The number of pyridine rings is 1. The van der Waals surface area contributed by atoms with Crippen molar-refractivity contribution in [1.82, 2.24) is 14.9 Å². The molecule has 1 saturated heterocycles. The predicted molar refractivity (Wildman–Crippen MR) is 137 cm³/mol. The van der Waals surface area contributed by atoms with Gasteiger partial charge >= 0.3 is 0 Å². The van der Waals surface area contributed by atoms with E-state index in [0.717, 1.165) is 65.0 Å². The zero-order chi connectivity index (χ0) is 23.5. The molecule has 0 aliphatic carbocycles. The minimum atomic E-state index is -0.198. The smallest absolute Gasteiger partial charge is 0.103 e. The molecule has 0 radical (unpaired) electrons. The molecule has 5 rings (SSSR count). The van der Waals surface area contributed by atoms with Crippen LogP contribution in [0.5, 0.6) is 0 Å². The number of anilines is 2. The fourth-order valence-electron chi connectivity index (χ4n) is 4.52. The van der Waals surface area contributed by atoms with Gasteiger partial charge in [-0.2, -0.15) is 5.26 Å². The minimum absolute atomic E-state index is 0.198. The van der Waals surface area contributed by atoms with Gasteiger partial charge in [0.05, 0.1) is 17.4 Å². The third-order valence-electron chi connectivity index (χ3n) is 6.45. The Morgan fingerprint density at radius 3 is 2.79 bits per heavy atom. The van der Waals surface area contributed by atoms with Crippen molar-refractivity contribution in [2.75, 3.05) is 18.4 Å². The molecule has 1 fully saturated rings. The Morgan fingerprint density at radius 1 is 1.18 bits per heavy atom. The first-order valence-electron chi connectivity index (χ1n) is 11.5. The van der Waals surface area contributed by atoms with E-state index in [2.05, 4.69) is 63.5 Å². The van der Waals surface area contributed by atoms with Crippen LogP contribution in [0.4, 0.5) is 11.4 Å². The first-order chi connectivity index (χ1) is 16.6. The van der Waals surface area contributed by atoms with E-state index < -0.39 is 0 Å². The summed E-state index contributed by atoms with van der Waals surface area (Å²) in [6.07, 6.45) is 9.98. The van der Waals surface area contributed by atoms with E-state index >= 15 is 0 Å². The van der Waals surface area contributed by atoms with E-state index in [1.165, 1.54) is 5.56 Å². The number of rotatable bonds is 6. The highest BCUT2D eigenvalue weighted by Crippen LogP contribution is 2.31. The van der Waals surface area contributed by atoms with Crippen LogP contribution in [0.1, 0.15) is 34.2 Å². The van der Waals surface area contributed by atoms with Gasteiger partial charge in [0.25, 0.3) is 0 Å². The minimum Gasteiger partial charge on any atom is -0.392 e. The Hall–Kier alpha value is -3.92. The van der Waals surface area contributed by atoms with E-state index in [1.54, 1.807) is 12.4 Å². The molecule has 1 aliphatic rings. The summed E-state index contributed by atoms with van der Waals surface area (Å²) in [5.41, 5.74) is 7.57. The normalized spacial score (nSPS) is 16.3. The zero-order valence-electron chi connectivity index (χ0n) is 19.1. The van der Waals surface area contributed by atoms with Crippen LogP contribution in [-0.2, 0) is 6.54 Å². The number of aromatic nitrogens is 2. The second-order valence-electron chi connectivity index (χ2n) is 8.82. The van der Waals surface area contributed by atoms with E-state index in [0.29, 0.717) is 5.56 Å². The number of hydrogen-bond acceptors (Lipinski definition) is 5. The molecular formula is C28H27N5O. The van der Waals surface area contributed by atoms with Crippen molar-refractivity contribution in [3.8, 4) is 6.07 Å². The maximum Gasteiger partial charge on any atom is 0.103 e. The van der Waals surface area contributed by atoms with Gasteiger partial charge in [0.1, 0.15) is 6.07 Å². The first-order valence-corrected chi connectivity index (χ1v) is 11.5. The van der Waals surface area contributed by atoms with Crippen molar-refractivity contribution in [1.29, 1.82) is 5.26 Å². The number of H-pyrrole nitrogens is 1. The van der Waals surface area contributed by atoms with Gasteiger partial charge in [0.15, 0.2) is 0 Å². The molecule has 6 nitrogen and oxygen atoms in total. The van der Waals surface area contributed by atoms with Crippen molar-refractivity contribution >= 4 is 34.4 Å². The van der Waals surface area contributed by atoms with Crippen molar-refractivity contribution in [2.45, 2.75) is 26.0 Å². The third kappa shape index (κ3) is 4.58. The standard InChI is InChI=1S/C28H27N5O/c1-19-25-10-12-31-27(25)9-8-26(19)32-28-22(15-30-16-23(28)14-29)7-6-20-2-4-21(5-3-20)17-33-13-11-24(34)18-33/h2-10,12,15-16,24,31,34H,11,13,17-18H2,1H3,(H,30,32). The number of hydrogen-bond donors (Lipinski definition) is 3. The molecule has 34 heavy (non-hydrogen) atoms. The molecule has 3 N–H and O–H groups in total. The van der Waals surface area contributed by atoms with Gasteiger partial charge in [-0.25, -0.2) is 0 Å². The van der Waals surface area contributed by atoms with E-state index in [-0.39, 0.29) is 6.10 Å². The van der Waals surface area contributed by atoms with Gasteiger partial charge in [0, 0.05) is 60.4 Å². The highest BCUT2D eigenvalue weighted by molar-refractivity contribution is 5.90. The van der Waals surface area contributed by atoms with Gasteiger partial charge in [-0.05, 0) is 48.2 Å². The second-order valence-corrected chi connectivity index (χ2v) is 8.82. The fraction of sp³-hybridized carbons (Fsp3) is 0.214. The number of aryl methyl sites for hydroxylation is 1. The summed E-state index contributed by atoms with van der Waals surface area (Å²) in [5.74, 6) is 0. The predicted octanol–water partition coefficient (Wildman–Crippen LogP) is 5.22. The Labute approximate surface area is 199 Å². The monoisotopic (exact) mass is 449 g/mol. The van der Waals surface area contributed by atoms with Crippen LogP contribution >= 0.6 is 0 Å².